The summed E-state index contributed by atoms with van der Waals surface area (Å²) in [6.07, 6.45) is 0.553. The van der Waals surface area contributed by atoms with Crippen LogP contribution in [0.1, 0.15) is 12.7 Å². The van der Waals surface area contributed by atoms with Crippen LogP contribution in [0.15, 0.2) is 23.0 Å². The van der Waals surface area contributed by atoms with E-state index >= 15 is 0 Å². The molecule has 17 heavy (non-hydrogen) atoms. The predicted molar refractivity (Wildman–Crippen MR) is 66.3 cm³/mol. The van der Waals surface area contributed by atoms with Gasteiger partial charge in [-0.1, -0.05) is 0 Å². The summed E-state index contributed by atoms with van der Waals surface area (Å²) in [4.78, 5) is 18.9. The molecule has 0 amide bonds. The number of benzene rings is 1. The van der Waals surface area contributed by atoms with Crippen LogP contribution in [0.2, 0.25) is 0 Å². The maximum atomic E-state index is 11.9. The molecule has 0 spiro atoms. The molecule has 1 heterocycles. The van der Waals surface area contributed by atoms with E-state index in [-0.39, 0.29) is 11.6 Å². The minimum atomic E-state index is -0.162. The van der Waals surface area contributed by atoms with Crippen molar-refractivity contribution in [2.75, 3.05) is 7.11 Å². The highest BCUT2D eigenvalue weighted by Gasteiger charge is 2.06. The lowest BCUT2D eigenvalue weighted by molar-refractivity contribution is 0.415. The molecular weight excluding hydrogens is 218 g/mol. The van der Waals surface area contributed by atoms with Crippen molar-refractivity contribution in [3.8, 4) is 5.75 Å². The van der Waals surface area contributed by atoms with Crippen LogP contribution in [0, 0.1) is 0 Å². The van der Waals surface area contributed by atoms with Crippen LogP contribution >= 0.6 is 0 Å². The Kier molecular flexibility index (Phi) is 3.10. The Morgan fingerprint density at radius 3 is 2.94 bits per heavy atom. The minimum Gasteiger partial charge on any atom is -0.497 e. The van der Waals surface area contributed by atoms with Crippen molar-refractivity contribution < 1.29 is 4.74 Å². The van der Waals surface area contributed by atoms with Gasteiger partial charge in [-0.3, -0.25) is 4.79 Å². The van der Waals surface area contributed by atoms with Gasteiger partial charge in [0.15, 0.2) is 0 Å². The summed E-state index contributed by atoms with van der Waals surface area (Å²) in [7, 11) is 1.56. The normalized spacial score (nSPS) is 12.6. The van der Waals surface area contributed by atoms with Gasteiger partial charge in [-0.25, -0.2) is 4.98 Å². The van der Waals surface area contributed by atoms with Gasteiger partial charge in [-0.15, -0.1) is 0 Å². The number of hydrogen-bond donors (Lipinski definition) is 2. The first-order chi connectivity index (χ1) is 8.10. The highest BCUT2D eigenvalue weighted by Crippen LogP contribution is 2.16. The van der Waals surface area contributed by atoms with Gasteiger partial charge in [-0.2, -0.15) is 0 Å². The Morgan fingerprint density at radius 1 is 1.53 bits per heavy atom. The third-order valence-corrected chi connectivity index (χ3v) is 2.48. The van der Waals surface area contributed by atoms with Crippen LogP contribution in [0.3, 0.4) is 0 Å². The summed E-state index contributed by atoms with van der Waals surface area (Å²) in [5.41, 5.74) is 6.18. The van der Waals surface area contributed by atoms with E-state index in [2.05, 4.69) is 9.97 Å². The molecule has 90 valence electrons. The molecule has 5 nitrogen and oxygen atoms in total. The lowest BCUT2D eigenvalue weighted by Crippen LogP contribution is -2.22. The van der Waals surface area contributed by atoms with Crippen LogP contribution in [0.5, 0.6) is 5.75 Å². The fraction of sp³-hybridized carbons (Fsp3) is 0.333. The van der Waals surface area contributed by atoms with Crippen LogP contribution in [0.4, 0.5) is 0 Å². The fourth-order valence-corrected chi connectivity index (χ4v) is 1.69. The summed E-state index contributed by atoms with van der Waals surface area (Å²) < 4.78 is 5.07. The summed E-state index contributed by atoms with van der Waals surface area (Å²) in [6, 6.07) is 5.20. The molecule has 0 saturated carbocycles. The molecule has 1 aromatic heterocycles. The van der Waals surface area contributed by atoms with Gasteiger partial charge >= 0.3 is 0 Å². The zero-order valence-electron chi connectivity index (χ0n) is 9.86. The van der Waals surface area contributed by atoms with Crippen molar-refractivity contribution in [2.45, 2.75) is 19.4 Å². The third-order valence-electron chi connectivity index (χ3n) is 2.48. The van der Waals surface area contributed by atoms with E-state index in [0.717, 1.165) is 0 Å². The van der Waals surface area contributed by atoms with Crippen molar-refractivity contribution in [3.63, 3.8) is 0 Å². The topological polar surface area (TPSA) is 81.0 Å². The second-order valence-corrected chi connectivity index (χ2v) is 4.08. The van der Waals surface area contributed by atoms with Crippen molar-refractivity contribution >= 4 is 10.9 Å². The van der Waals surface area contributed by atoms with Gasteiger partial charge in [0.1, 0.15) is 11.6 Å². The number of aromatic amines is 1. The number of aromatic nitrogens is 2. The molecule has 0 fully saturated rings. The zero-order valence-corrected chi connectivity index (χ0v) is 9.86. The van der Waals surface area contributed by atoms with E-state index in [1.54, 1.807) is 25.3 Å². The molecule has 0 bridgehead atoms. The summed E-state index contributed by atoms with van der Waals surface area (Å²) in [6.45, 7) is 1.87. The second kappa shape index (κ2) is 4.55. The molecule has 0 aliphatic heterocycles. The highest BCUT2D eigenvalue weighted by atomic mass is 16.5. The summed E-state index contributed by atoms with van der Waals surface area (Å²) in [5, 5.41) is 0.526. The second-order valence-electron chi connectivity index (χ2n) is 4.08. The minimum absolute atomic E-state index is 0.0335. The lowest BCUT2D eigenvalue weighted by Gasteiger charge is -2.06. The first-order valence-corrected chi connectivity index (χ1v) is 5.42. The Labute approximate surface area is 98.6 Å². The molecule has 0 aliphatic rings. The molecule has 1 atom stereocenters. The predicted octanol–water partition coefficient (Wildman–Crippen LogP) is 0.821. The average Bonchev–Trinajstić information content (AvgIpc) is 2.28. The lowest BCUT2D eigenvalue weighted by atomic mass is 10.2. The molecule has 1 unspecified atom stereocenters. The Hall–Kier alpha value is -1.88. The number of nitrogens with one attached hydrogen (secondary N) is 1. The number of hydrogen-bond acceptors (Lipinski definition) is 4. The highest BCUT2D eigenvalue weighted by molar-refractivity contribution is 5.79. The number of nitrogens with zero attached hydrogens (tertiary/aromatic N) is 1. The Bertz CT molecular complexity index is 590. The molecule has 0 radical (unpaired) electrons. The quantitative estimate of drug-likeness (QED) is 0.822. The standard InChI is InChI=1S/C12H15N3O2/c1-7(13)5-11-14-10-4-3-8(17-2)6-9(10)12(16)15-11/h3-4,6-7H,5,13H2,1-2H3,(H,14,15,16). The van der Waals surface area contributed by atoms with E-state index in [1.165, 1.54) is 0 Å². The Balaban J connectivity index is 2.56. The molecule has 2 aromatic rings. The van der Waals surface area contributed by atoms with E-state index in [9.17, 15) is 4.79 Å². The van der Waals surface area contributed by atoms with Crippen LogP contribution in [-0.2, 0) is 6.42 Å². The fourth-order valence-electron chi connectivity index (χ4n) is 1.69. The maximum Gasteiger partial charge on any atom is 0.258 e. The number of nitrogens with two attached hydrogens (primary N) is 1. The van der Waals surface area contributed by atoms with Crippen molar-refractivity contribution in [2.24, 2.45) is 5.73 Å². The van der Waals surface area contributed by atoms with Gasteiger partial charge in [-0.05, 0) is 25.1 Å². The first-order valence-electron chi connectivity index (χ1n) is 5.42. The first kappa shape index (κ1) is 11.6. The Morgan fingerprint density at radius 2 is 2.29 bits per heavy atom. The zero-order chi connectivity index (χ0) is 12.4. The van der Waals surface area contributed by atoms with E-state index in [1.807, 2.05) is 6.92 Å². The summed E-state index contributed by atoms with van der Waals surface area (Å²) in [5.74, 6) is 1.26. The van der Waals surface area contributed by atoms with Gasteiger partial charge in [0.25, 0.3) is 5.56 Å². The molecule has 1 aromatic carbocycles. The monoisotopic (exact) mass is 233 g/mol. The van der Waals surface area contributed by atoms with Crippen molar-refractivity contribution in [1.29, 1.82) is 0 Å². The number of fused-ring (bicyclic) bond motifs is 1. The molecule has 3 N–H and O–H groups in total. The van der Waals surface area contributed by atoms with Crippen LogP contribution in [-0.4, -0.2) is 23.1 Å². The van der Waals surface area contributed by atoms with Crippen LogP contribution < -0.4 is 16.0 Å². The molecule has 5 heteroatoms. The molecule has 2 rings (SSSR count). The van der Waals surface area contributed by atoms with Gasteiger partial charge < -0.3 is 15.5 Å². The summed E-state index contributed by atoms with van der Waals surface area (Å²) >= 11 is 0. The van der Waals surface area contributed by atoms with Crippen molar-refractivity contribution in [3.05, 3.63) is 34.4 Å². The smallest absolute Gasteiger partial charge is 0.258 e. The average molecular weight is 233 g/mol. The largest absolute Gasteiger partial charge is 0.497 e. The van der Waals surface area contributed by atoms with E-state index in [4.69, 9.17) is 10.5 Å². The maximum absolute atomic E-state index is 11.9. The number of methoxy groups -OCH3 is 1. The number of ether oxygens (including phenoxy) is 1. The molecule has 0 aliphatic carbocycles. The van der Waals surface area contributed by atoms with Crippen LogP contribution in [0.25, 0.3) is 10.9 Å². The molecule has 0 saturated heterocycles. The SMILES string of the molecule is COc1ccc2nc(CC(C)N)[nH]c(=O)c2c1. The van der Waals surface area contributed by atoms with Gasteiger partial charge in [0.2, 0.25) is 0 Å². The van der Waals surface area contributed by atoms with E-state index < -0.39 is 0 Å². The number of H-pyrrole nitrogens is 1. The van der Waals surface area contributed by atoms with Gasteiger partial charge in [0.05, 0.1) is 18.0 Å². The van der Waals surface area contributed by atoms with Gasteiger partial charge in [0, 0.05) is 12.5 Å². The third kappa shape index (κ3) is 2.45. The van der Waals surface area contributed by atoms with E-state index in [0.29, 0.717) is 28.9 Å². The van der Waals surface area contributed by atoms with Crippen molar-refractivity contribution in [1.82, 2.24) is 9.97 Å². The molecular formula is C12H15N3O2. The number of rotatable bonds is 3.